The van der Waals surface area contributed by atoms with Crippen LogP contribution in [0.5, 0.6) is 0 Å². The molecule has 2 N–H and O–H groups in total. The largest absolute Gasteiger partial charge is 0.363 e. The summed E-state index contributed by atoms with van der Waals surface area (Å²) in [5.74, 6) is 2.46. The molecule has 0 saturated carbocycles. The summed E-state index contributed by atoms with van der Waals surface area (Å²) < 4.78 is 12.9. The number of rotatable bonds is 8. The van der Waals surface area contributed by atoms with Gasteiger partial charge < -0.3 is 15.5 Å². The number of pyridine rings is 1. The van der Waals surface area contributed by atoms with Crippen LogP contribution in [0.4, 0.5) is 10.2 Å². The third-order valence-electron chi connectivity index (χ3n) is 3.61. The second-order valence-electron chi connectivity index (χ2n) is 5.89. The zero-order valence-electron chi connectivity index (χ0n) is 15.5. The fraction of sp³-hybridized carbons (Fsp3) is 0.368. The van der Waals surface area contributed by atoms with E-state index in [1.165, 1.54) is 12.1 Å². The number of hydrogen-bond donors (Lipinski definition) is 2. The van der Waals surface area contributed by atoms with Gasteiger partial charge in [0.25, 0.3) is 0 Å². The van der Waals surface area contributed by atoms with Crippen LogP contribution >= 0.6 is 11.8 Å². The van der Waals surface area contributed by atoms with E-state index >= 15 is 0 Å². The zero-order chi connectivity index (χ0) is 18.8. The second kappa shape index (κ2) is 10.7. The van der Waals surface area contributed by atoms with Gasteiger partial charge in [-0.2, -0.15) is 0 Å². The summed E-state index contributed by atoms with van der Waals surface area (Å²) in [7, 11) is 5.71. The van der Waals surface area contributed by atoms with E-state index in [2.05, 4.69) is 20.6 Å². The molecule has 2 rings (SSSR count). The zero-order valence-corrected chi connectivity index (χ0v) is 16.3. The van der Waals surface area contributed by atoms with Crippen molar-refractivity contribution in [1.82, 2.24) is 15.6 Å². The van der Waals surface area contributed by atoms with E-state index in [1.807, 2.05) is 49.3 Å². The summed E-state index contributed by atoms with van der Waals surface area (Å²) in [4.78, 5) is 11.9. The van der Waals surface area contributed by atoms with Gasteiger partial charge in [-0.3, -0.25) is 4.99 Å². The van der Waals surface area contributed by atoms with Gasteiger partial charge in [0, 0.05) is 32.6 Å². The van der Waals surface area contributed by atoms with Crippen LogP contribution in [0.1, 0.15) is 12.1 Å². The molecule has 0 aliphatic heterocycles. The standard InChI is InChI=1S/C19H26FN5S/c1-21-19(23-14-16-6-4-7-18(24-16)25(2)3)22-12-5-13-26-17-10-8-15(20)9-11-17/h4,6-11H,5,12-14H2,1-3H3,(H2,21,22,23). The molecule has 1 heterocycles. The highest BCUT2D eigenvalue weighted by Crippen LogP contribution is 2.18. The predicted molar refractivity (Wildman–Crippen MR) is 109 cm³/mol. The fourth-order valence-electron chi connectivity index (χ4n) is 2.21. The van der Waals surface area contributed by atoms with Crippen molar-refractivity contribution in [3.8, 4) is 0 Å². The molecule has 0 aliphatic carbocycles. The normalized spacial score (nSPS) is 11.3. The van der Waals surface area contributed by atoms with Gasteiger partial charge in [-0.25, -0.2) is 9.37 Å². The molecule has 0 bridgehead atoms. The third-order valence-corrected chi connectivity index (χ3v) is 4.71. The minimum absolute atomic E-state index is 0.198. The van der Waals surface area contributed by atoms with Gasteiger partial charge in [0.15, 0.2) is 5.96 Å². The molecule has 140 valence electrons. The van der Waals surface area contributed by atoms with Gasteiger partial charge in [0.1, 0.15) is 11.6 Å². The number of guanidine groups is 1. The average Bonchev–Trinajstić information content (AvgIpc) is 2.65. The maximum Gasteiger partial charge on any atom is 0.191 e. The van der Waals surface area contributed by atoms with Gasteiger partial charge in [0.2, 0.25) is 0 Å². The Morgan fingerprint density at radius 1 is 1.15 bits per heavy atom. The highest BCUT2D eigenvalue weighted by Gasteiger charge is 2.02. The van der Waals surface area contributed by atoms with Crippen molar-refractivity contribution >= 4 is 23.5 Å². The van der Waals surface area contributed by atoms with Gasteiger partial charge in [-0.15, -0.1) is 11.8 Å². The Morgan fingerprint density at radius 3 is 2.62 bits per heavy atom. The van der Waals surface area contributed by atoms with Crippen molar-refractivity contribution in [2.75, 3.05) is 38.3 Å². The lowest BCUT2D eigenvalue weighted by Crippen LogP contribution is -2.37. The number of benzene rings is 1. The number of thioether (sulfide) groups is 1. The minimum atomic E-state index is -0.198. The Bertz CT molecular complexity index is 703. The second-order valence-corrected chi connectivity index (χ2v) is 7.06. The van der Waals surface area contributed by atoms with E-state index in [9.17, 15) is 4.39 Å². The smallest absolute Gasteiger partial charge is 0.191 e. The number of anilines is 1. The van der Waals surface area contributed by atoms with Crippen LogP contribution in [-0.2, 0) is 6.54 Å². The number of aliphatic imine (C=N–C) groups is 1. The maximum absolute atomic E-state index is 12.9. The summed E-state index contributed by atoms with van der Waals surface area (Å²) >= 11 is 1.72. The van der Waals surface area contributed by atoms with Crippen molar-refractivity contribution in [2.45, 2.75) is 17.9 Å². The van der Waals surface area contributed by atoms with E-state index in [0.717, 1.165) is 41.1 Å². The third kappa shape index (κ3) is 6.92. The summed E-state index contributed by atoms with van der Waals surface area (Å²) in [6.45, 7) is 1.44. The molecule has 0 radical (unpaired) electrons. The molecular formula is C19H26FN5S. The monoisotopic (exact) mass is 375 g/mol. The minimum Gasteiger partial charge on any atom is -0.363 e. The van der Waals surface area contributed by atoms with E-state index < -0.39 is 0 Å². The number of nitrogens with zero attached hydrogens (tertiary/aromatic N) is 3. The number of aromatic nitrogens is 1. The molecule has 5 nitrogen and oxygen atoms in total. The molecule has 0 saturated heterocycles. The van der Waals surface area contributed by atoms with Gasteiger partial charge in [0.05, 0.1) is 12.2 Å². The quantitative estimate of drug-likeness (QED) is 0.321. The van der Waals surface area contributed by atoms with E-state index in [1.54, 1.807) is 18.8 Å². The SMILES string of the molecule is CN=C(NCCCSc1ccc(F)cc1)NCc1cccc(N(C)C)n1. The molecule has 1 aromatic heterocycles. The summed E-state index contributed by atoms with van der Waals surface area (Å²) in [6.07, 6.45) is 0.983. The van der Waals surface area contributed by atoms with E-state index in [0.29, 0.717) is 6.54 Å². The highest BCUT2D eigenvalue weighted by molar-refractivity contribution is 7.99. The first-order valence-electron chi connectivity index (χ1n) is 8.54. The molecule has 0 unspecified atom stereocenters. The van der Waals surface area contributed by atoms with Crippen LogP contribution in [-0.4, -0.2) is 44.4 Å². The topological polar surface area (TPSA) is 52.6 Å². The molecule has 1 aromatic carbocycles. The lowest BCUT2D eigenvalue weighted by molar-refractivity contribution is 0.626. The first-order chi connectivity index (χ1) is 12.6. The average molecular weight is 376 g/mol. The van der Waals surface area contributed by atoms with Crippen LogP contribution in [0.3, 0.4) is 0 Å². The lowest BCUT2D eigenvalue weighted by Gasteiger charge is -2.14. The van der Waals surface area contributed by atoms with Crippen molar-refractivity contribution in [2.24, 2.45) is 4.99 Å². The van der Waals surface area contributed by atoms with Crippen LogP contribution in [0, 0.1) is 5.82 Å². The Morgan fingerprint density at radius 2 is 1.92 bits per heavy atom. The summed E-state index contributed by atoms with van der Waals surface area (Å²) in [5, 5.41) is 6.58. The van der Waals surface area contributed by atoms with Crippen LogP contribution in [0.2, 0.25) is 0 Å². The maximum atomic E-state index is 12.9. The Hall–Kier alpha value is -2.28. The van der Waals surface area contributed by atoms with Gasteiger partial charge in [-0.05, 0) is 48.6 Å². The summed E-state index contributed by atoms with van der Waals surface area (Å²) in [6, 6.07) is 12.6. The molecular weight excluding hydrogens is 349 g/mol. The van der Waals surface area contributed by atoms with E-state index in [4.69, 9.17) is 0 Å². The van der Waals surface area contributed by atoms with Crippen molar-refractivity contribution in [1.29, 1.82) is 0 Å². The first kappa shape index (κ1) is 20.0. The number of hydrogen-bond acceptors (Lipinski definition) is 4. The molecule has 0 spiro atoms. The van der Waals surface area contributed by atoms with Crippen molar-refractivity contribution in [3.63, 3.8) is 0 Å². The molecule has 26 heavy (non-hydrogen) atoms. The molecule has 2 aromatic rings. The lowest BCUT2D eigenvalue weighted by atomic mass is 10.3. The Kier molecular flexibility index (Phi) is 8.21. The van der Waals surface area contributed by atoms with Gasteiger partial charge >= 0.3 is 0 Å². The Balaban J connectivity index is 1.67. The first-order valence-corrected chi connectivity index (χ1v) is 9.53. The fourth-order valence-corrected chi connectivity index (χ4v) is 3.06. The highest BCUT2D eigenvalue weighted by atomic mass is 32.2. The van der Waals surface area contributed by atoms with Crippen LogP contribution in [0.15, 0.2) is 52.4 Å². The molecule has 0 fully saturated rings. The summed E-state index contributed by atoms with van der Waals surface area (Å²) in [5.41, 5.74) is 0.964. The van der Waals surface area contributed by atoms with Crippen LogP contribution < -0.4 is 15.5 Å². The number of halogens is 1. The molecule has 7 heteroatoms. The molecule has 0 atom stereocenters. The van der Waals surface area contributed by atoms with Gasteiger partial charge in [-0.1, -0.05) is 6.07 Å². The van der Waals surface area contributed by atoms with Crippen molar-refractivity contribution in [3.05, 3.63) is 54.0 Å². The molecule has 0 amide bonds. The van der Waals surface area contributed by atoms with E-state index in [-0.39, 0.29) is 5.82 Å². The molecule has 0 aliphatic rings. The number of nitrogens with one attached hydrogen (secondary N) is 2. The Labute approximate surface area is 159 Å². The van der Waals surface area contributed by atoms with Crippen LogP contribution in [0.25, 0.3) is 0 Å². The predicted octanol–water partition coefficient (Wildman–Crippen LogP) is 3.13. The van der Waals surface area contributed by atoms with Crippen molar-refractivity contribution < 1.29 is 4.39 Å².